The first-order valence-electron chi connectivity index (χ1n) is 7.43. The molecule has 22 heavy (non-hydrogen) atoms. The quantitative estimate of drug-likeness (QED) is 0.931. The van der Waals surface area contributed by atoms with E-state index >= 15 is 0 Å². The Hall–Kier alpha value is -2.49. The largest absolute Gasteiger partial charge is 0.494 e. The summed E-state index contributed by atoms with van der Waals surface area (Å²) < 4.78 is 11.6. The van der Waals surface area contributed by atoms with Crippen molar-refractivity contribution in [3.63, 3.8) is 0 Å². The maximum absolute atomic E-state index is 11.4. The molecule has 1 aliphatic heterocycles. The maximum Gasteiger partial charge on any atom is 0.336 e. The fourth-order valence-corrected chi connectivity index (χ4v) is 2.80. The number of benzene rings is 2. The van der Waals surface area contributed by atoms with Gasteiger partial charge in [-0.3, -0.25) is 0 Å². The molecule has 0 amide bonds. The van der Waals surface area contributed by atoms with Crippen LogP contribution in [0.4, 0.5) is 0 Å². The third kappa shape index (κ3) is 2.77. The second-order valence-corrected chi connectivity index (χ2v) is 5.24. The van der Waals surface area contributed by atoms with E-state index in [4.69, 9.17) is 9.47 Å². The molecule has 0 aliphatic carbocycles. The molecular weight excluding hydrogens is 280 g/mol. The van der Waals surface area contributed by atoms with Crippen molar-refractivity contribution < 1.29 is 19.4 Å². The van der Waals surface area contributed by atoms with Gasteiger partial charge in [-0.05, 0) is 37.5 Å². The van der Waals surface area contributed by atoms with Crippen LogP contribution in [0.1, 0.15) is 40.9 Å². The van der Waals surface area contributed by atoms with Gasteiger partial charge in [-0.15, -0.1) is 0 Å². The fourth-order valence-electron chi connectivity index (χ4n) is 2.80. The van der Waals surface area contributed by atoms with Crippen LogP contribution in [0.15, 0.2) is 42.5 Å². The second-order valence-electron chi connectivity index (χ2n) is 5.24. The fraction of sp³-hybridized carbons (Fsp3) is 0.278. The summed E-state index contributed by atoms with van der Waals surface area (Å²) in [6.45, 7) is 2.54. The summed E-state index contributed by atoms with van der Waals surface area (Å²) in [4.78, 5) is 11.4. The van der Waals surface area contributed by atoms with Gasteiger partial charge in [-0.1, -0.05) is 24.3 Å². The molecule has 0 fully saturated rings. The van der Waals surface area contributed by atoms with Crippen LogP contribution in [0.2, 0.25) is 0 Å². The summed E-state index contributed by atoms with van der Waals surface area (Å²) in [5.74, 6) is 0.629. The van der Waals surface area contributed by atoms with Gasteiger partial charge in [0.25, 0.3) is 0 Å². The lowest BCUT2D eigenvalue weighted by Crippen LogP contribution is -2.18. The van der Waals surface area contributed by atoms with Crippen molar-refractivity contribution in [2.24, 2.45) is 0 Å². The summed E-state index contributed by atoms with van der Waals surface area (Å²) in [5.41, 5.74) is 2.16. The Bertz CT molecular complexity index is 693. The van der Waals surface area contributed by atoms with E-state index in [0.717, 1.165) is 35.5 Å². The molecule has 0 radical (unpaired) electrons. The molecule has 0 spiro atoms. The molecule has 3 rings (SSSR count). The molecule has 0 saturated carbocycles. The molecule has 1 N–H and O–H groups in total. The monoisotopic (exact) mass is 298 g/mol. The van der Waals surface area contributed by atoms with Crippen LogP contribution < -0.4 is 9.47 Å². The number of ether oxygens (including phenoxy) is 2. The predicted molar refractivity (Wildman–Crippen MR) is 82.7 cm³/mol. The van der Waals surface area contributed by atoms with Crippen molar-refractivity contribution >= 4 is 5.97 Å². The Kier molecular flexibility index (Phi) is 4.00. The normalized spacial score (nSPS) is 16.5. The smallest absolute Gasteiger partial charge is 0.336 e. The highest BCUT2D eigenvalue weighted by Gasteiger charge is 2.25. The molecule has 1 heterocycles. The van der Waals surface area contributed by atoms with E-state index in [1.807, 2.05) is 37.3 Å². The van der Waals surface area contributed by atoms with Gasteiger partial charge in [-0.25, -0.2) is 4.79 Å². The van der Waals surface area contributed by atoms with E-state index in [1.54, 1.807) is 12.1 Å². The molecule has 2 aromatic rings. The number of fused-ring (bicyclic) bond motifs is 1. The van der Waals surface area contributed by atoms with E-state index in [2.05, 4.69) is 0 Å². The minimum atomic E-state index is -0.923. The van der Waals surface area contributed by atoms with Gasteiger partial charge >= 0.3 is 5.97 Å². The topological polar surface area (TPSA) is 55.8 Å². The van der Waals surface area contributed by atoms with Crippen LogP contribution in [0, 0.1) is 0 Å². The van der Waals surface area contributed by atoms with Gasteiger partial charge in [0.15, 0.2) is 0 Å². The van der Waals surface area contributed by atoms with E-state index < -0.39 is 5.97 Å². The zero-order chi connectivity index (χ0) is 15.5. The highest BCUT2D eigenvalue weighted by atomic mass is 16.5. The summed E-state index contributed by atoms with van der Waals surface area (Å²) in [7, 11) is 0. The van der Waals surface area contributed by atoms with Crippen LogP contribution in [0.5, 0.6) is 11.5 Å². The van der Waals surface area contributed by atoms with Gasteiger partial charge in [0.1, 0.15) is 17.6 Å². The molecule has 114 valence electrons. The molecule has 1 aliphatic rings. The number of carboxylic acid groups (broad SMARTS) is 1. The van der Waals surface area contributed by atoms with E-state index in [0.29, 0.717) is 12.2 Å². The van der Waals surface area contributed by atoms with Crippen LogP contribution in [0.25, 0.3) is 0 Å². The average molecular weight is 298 g/mol. The van der Waals surface area contributed by atoms with Gasteiger partial charge in [0.2, 0.25) is 0 Å². The van der Waals surface area contributed by atoms with E-state index in [-0.39, 0.29) is 6.10 Å². The van der Waals surface area contributed by atoms with Gasteiger partial charge in [0, 0.05) is 11.6 Å². The van der Waals surface area contributed by atoms with Gasteiger partial charge < -0.3 is 14.6 Å². The Morgan fingerprint density at radius 1 is 1.32 bits per heavy atom. The molecule has 1 atom stereocenters. The number of aryl methyl sites for hydroxylation is 1. The lowest BCUT2D eigenvalue weighted by molar-refractivity contribution is 0.0689. The number of carbonyl (C=O) groups is 1. The van der Waals surface area contributed by atoms with Crippen LogP contribution in [0.3, 0.4) is 0 Å². The number of rotatable bonds is 4. The minimum Gasteiger partial charge on any atom is -0.494 e. The van der Waals surface area contributed by atoms with Crippen molar-refractivity contribution in [3.8, 4) is 11.5 Å². The first kappa shape index (κ1) is 14.4. The maximum atomic E-state index is 11.4. The van der Waals surface area contributed by atoms with E-state index in [1.165, 1.54) is 0 Å². The van der Waals surface area contributed by atoms with Crippen LogP contribution in [-0.4, -0.2) is 17.7 Å². The van der Waals surface area contributed by atoms with Gasteiger partial charge in [-0.2, -0.15) is 0 Å². The first-order chi connectivity index (χ1) is 10.7. The Morgan fingerprint density at radius 3 is 2.91 bits per heavy atom. The Balaban J connectivity index is 1.91. The van der Waals surface area contributed by atoms with Crippen LogP contribution in [-0.2, 0) is 6.42 Å². The standard InChI is InChI=1S/C18H18O4/c1-2-21-13-9-7-12-8-10-16(22-17(12)11-13)14-5-3-4-6-15(14)18(19)20/h3-7,9,11,16H,2,8,10H2,1H3,(H,19,20). The van der Waals surface area contributed by atoms with E-state index in [9.17, 15) is 9.90 Å². The summed E-state index contributed by atoms with van der Waals surface area (Å²) in [6.07, 6.45) is 1.39. The second kappa shape index (κ2) is 6.10. The SMILES string of the molecule is CCOc1ccc2c(c1)OC(c1ccccc1C(=O)O)CC2. The molecule has 1 unspecified atom stereocenters. The lowest BCUT2D eigenvalue weighted by Gasteiger charge is -2.27. The molecular formula is C18H18O4. The predicted octanol–water partition coefficient (Wildman–Crippen LogP) is 3.85. The Labute approximate surface area is 129 Å². The third-order valence-corrected chi connectivity index (χ3v) is 3.83. The zero-order valence-corrected chi connectivity index (χ0v) is 12.4. The van der Waals surface area contributed by atoms with Crippen molar-refractivity contribution in [3.05, 3.63) is 59.2 Å². The highest BCUT2D eigenvalue weighted by molar-refractivity contribution is 5.89. The van der Waals surface area contributed by atoms with Crippen LogP contribution >= 0.6 is 0 Å². The molecule has 0 saturated heterocycles. The highest BCUT2D eigenvalue weighted by Crippen LogP contribution is 2.37. The number of hydrogen-bond acceptors (Lipinski definition) is 3. The summed E-state index contributed by atoms with van der Waals surface area (Å²) >= 11 is 0. The summed E-state index contributed by atoms with van der Waals surface area (Å²) in [6, 6.07) is 12.9. The minimum absolute atomic E-state index is 0.239. The first-order valence-corrected chi connectivity index (χ1v) is 7.43. The molecule has 4 heteroatoms. The number of carboxylic acids is 1. The lowest BCUT2D eigenvalue weighted by atomic mass is 9.94. The third-order valence-electron chi connectivity index (χ3n) is 3.83. The van der Waals surface area contributed by atoms with Gasteiger partial charge in [0.05, 0.1) is 12.2 Å². The number of aromatic carboxylic acids is 1. The molecule has 4 nitrogen and oxygen atoms in total. The van der Waals surface area contributed by atoms with Crippen molar-refractivity contribution in [2.75, 3.05) is 6.61 Å². The average Bonchev–Trinajstić information content (AvgIpc) is 2.54. The zero-order valence-electron chi connectivity index (χ0n) is 12.4. The molecule has 2 aromatic carbocycles. The summed E-state index contributed by atoms with van der Waals surface area (Å²) in [5, 5.41) is 9.33. The molecule has 0 bridgehead atoms. The number of hydrogen-bond donors (Lipinski definition) is 1. The van der Waals surface area contributed by atoms with Crippen molar-refractivity contribution in [1.29, 1.82) is 0 Å². The van der Waals surface area contributed by atoms with Crippen molar-refractivity contribution in [1.82, 2.24) is 0 Å². The van der Waals surface area contributed by atoms with Crippen molar-refractivity contribution in [2.45, 2.75) is 25.9 Å². The molecule has 0 aromatic heterocycles. The Morgan fingerprint density at radius 2 is 2.14 bits per heavy atom.